The minimum absolute atomic E-state index is 0.118. The third-order valence-electron chi connectivity index (χ3n) is 3.95. The number of amides is 1. The van der Waals surface area contributed by atoms with Gasteiger partial charge in [0, 0.05) is 19.4 Å². The van der Waals surface area contributed by atoms with Crippen molar-refractivity contribution in [3.8, 4) is 5.75 Å². The molecular weight excluding hydrogens is 346 g/mol. The van der Waals surface area contributed by atoms with E-state index in [0.29, 0.717) is 11.4 Å². The molecule has 1 unspecified atom stereocenters. The highest BCUT2D eigenvalue weighted by Crippen LogP contribution is 2.36. The molecule has 3 aromatic rings. The highest BCUT2D eigenvalue weighted by Gasteiger charge is 2.24. The molecule has 0 bridgehead atoms. The lowest BCUT2D eigenvalue weighted by Crippen LogP contribution is -2.20. The van der Waals surface area contributed by atoms with Crippen LogP contribution >= 0.6 is 11.8 Å². The summed E-state index contributed by atoms with van der Waals surface area (Å²) in [5.74, 6) is 0.519. The van der Waals surface area contributed by atoms with Gasteiger partial charge in [0.25, 0.3) is 0 Å². The van der Waals surface area contributed by atoms with Crippen LogP contribution in [0.1, 0.15) is 16.4 Å². The summed E-state index contributed by atoms with van der Waals surface area (Å²) in [6.07, 6.45) is 3.59. The number of hydrogen-bond donors (Lipinski definition) is 1. The van der Waals surface area contributed by atoms with Crippen LogP contribution in [0.25, 0.3) is 0 Å². The Morgan fingerprint density at radius 3 is 2.65 bits per heavy atom. The molecule has 1 N–H and O–H groups in total. The van der Waals surface area contributed by atoms with E-state index in [0.717, 1.165) is 16.3 Å². The number of nitrogens with one attached hydrogen (secondary N) is 1. The van der Waals surface area contributed by atoms with E-state index in [1.54, 1.807) is 13.3 Å². The van der Waals surface area contributed by atoms with Crippen LogP contribution in [0.4, 0.5) is 5.69 Å². The molecule has 1 atom stereocenters. The summed E-state index contributed by atoms with van der Waals surface area (Å²) < 4.78 is 7.28. The number of aromatic nitrogens is 2. The third-order valence-corrected chi connectivity index (χ3v) is 5.28. The number of carbonyl (C=O) groups excluding carboxylic acids is 1. The second kappa shape index (κ2) is 8.10. The predicted octanol–water partition coefficient (Wildman–Crippen LogP) is 4.21. The molecule has 1 heterocycles. The van der Waals surface area contributed by atoms with Gasteiger partial charge in [0.05, 0.1) is 12.8 Å². The van der Waals surface area contributed by atoms with Crippen molar-refractivity contribution in [2.45, 2.75) is 17.3 Å². The molecule has 0 fully saturated rings. The molecule has 0 radical (unpaired) electrons. The maximum absolute atomic E-state index is 13.1. The van der Waals surface area contributed by atoms with Crippen molar-refractivity contribution in [1.29, 1.82) is 0 Å². The number of ether oxygens (including phenoxy) is 1. The third kappa shape index (κ3) is 4.08. The number of rotatable bonds is 6. The van der Waals surface area contributed by atoms with Crippen LogP contribution in [0.5, 0.6) is 5.75 Å². The lowest BCUT2D eigenvalue weighted by atomic mass is 10.1. The fourth-order valence-corrected chi connectivity index (χ4v) is 3.61. The van der Waals surface area contributed by atoms with Crippen LogP contribution in [0.3, 0.4) is 0 Å². The van der Waals surface area contributed by atoms with E-state index >= 15 is 0 Å². The Morgan fingerprint density at radius 1 is 1.23 bits per heavy atom. The van der Waals surface area contributed by atoms with Crippen LogP contribution < -0.4 is 10.1 Å². The first-order valence-electron chi connectivity index (χ1n) is 8.23. The van der Waals surface area contributed by atoms with E-state index in [2.05, 4.69) is 10.3 Å². The maximum Gasteiger partial charge on any atom is 0.242 e. The van der Waals surface area contributed by atoms with Gasteiger partial charge in [-0.05, 0) is 30.2 Å². The second-order valence-corrected chi connectivity index (χ2v) is 6.99. The molecule has 1 aromatic heterocycles. The van der Waals surface area contributed by atoms with E-state index in [1.807, 2.05) is 73.3 Å². The van der Waals surface area contributed by atoms with Crippen LogP contribution in [-0.4, -0.2) is 22.6 Å². The highest BCUT2D eigenvalue weighted by atomic mass is 32.2. The Balaban J connectivity index is 1.90. The lowest BCUT2D eigenvalue weighted by Gasteiger charge is -2.18. The van der Waals surface area contributed by atoms with E-state index < -0.39 is 5.25 Å². The molecule has 0 aliphatic rings. The van der Waals surface area contributed by atoms with Crippen LogP contribution in [0, 0.1) is 6.92 Å². The van der Waals surface area contributed by atoms with Gasteiger partial charge in [-0.2, -0.15) is 0 Å². The van der Waals surface area contributed by atoms with E-state index in [9.17, 15) is 4.79 Å². The zero-order valence-electron chi connectivity index (χ0n) is 15.0. The Morgan fingerprint density at radius 2 is 2.00 bits per heavy atom. The fraction of sp³-hybridized carbons (Fsp3) is 0.200. The molecule has 0 aliphatic carbocycles. The molecule has 2 aromatic carbocycles. The monoisotopic (exact) mass is 367 g/mol. The maximum atomic E-state index is 13.1. The van der Waals surface area contributed by atoms with Gasteiger partial charge >= 0.3 is 0 Å². The highest BCUT2D eigenvalue weighted by molar-refractivity contribution is 8.00. The molecule has 0 spiro atoms. The number of methoxy groups -OCH3 is 1. The molecule has 3 rings (SSSR count). The minimum atomic E-state index is -0.428. The number of thioether (sulfide) groups is 1. The Labute approximate surface area is 157 Å². The molecule has 0 saturated heterocycles. The molecule has 0 saturated carbocycles. The summed E-state index contributed by atoms with van der Waals surface area (Å²) in [6.45, 7) is 1.98. The summed E-state index contributed by atoms with van der Waals surface area (Å²) >= 11 is 1.42. The number of nitrogens with zero attached hydrogens (tertiary/aromatic N) is 2. The van der Waals surface area contributed by atoms with Crippen molar-refractivity contribution >= 4 is 23.4 Å². The Bertz CT molecular complexity index is 893. The standard InChI is InChI=1S/C20H21N3O2S/c1-14-9-10-17(25-3)16(13-14)22-19(24)18(15-7-5-4-6-8-15)26-20-21-11-12-23(20)2/h4-13,18H,1-3H3,(H,22,24). The van der Waals surface area contributed by atoms with E-state index in [1.165, 1.54) is 11.8 Å². The van der Waals surface area contributed by atoms with E-state index in [4.69, 9.17) is 4.74 Å². The van der Waals surface area contributed by atoms with Crippen LogP contribution in [0.15, 0.2) is 66.1 Å². The summed E-state index contributed by atoms with van der Waals surface area (Å²) in [4.78, 5) is 17.4. The SMILES string of the molecule is COc1ccc(C)cc1NC(=O)C(Sc1nccn1C)c1ccccc1. The minimum Gasteiger partial charge on any atom is -0.495 e. The van der Waals surface area contributed by atoms with Gasteiger partial charge in [0.15, 0.2) is 5.16 Å². The van der Waals surface area contributed by atoms with Crippen LogP contribution in [-0.2, 0) is 11.8 Å². The topological polar surface area (TPSA) is 56.1 Å². The molecule has 6 heteroatoms. The average Bonchev–Trinajstić information content (AvgIpc) is 3.05. The average molecular weight is 367 g/mol. The summed E-state index contributed by atoms with van der Waals surface area (Å²) in [5, 5.41) is 3.37. The first kappa shape index (κ1) is 18.1. The van der Waals surface area contributed by atoms with Crippen molar-refractivity contribution in [3.63, 3.8) is 0 Å². The molecule has 0 aliphatic heterocycles. The Kier molecular flexibility index (Phi) is 5.63. The number of aryl methyl sites for hydroxylation is 2. The smallest absolute Gasteiger partial charge is 0.242 e. The second-order valence-electron chi connectivity index (χ2n) is 5.92. The first-order chi connectivity index (χ1) is 12.6. The van der Waals surface area contributed by atoms with Gasteiger partial charge in [-0.3, -0.25) is 4.79 Å². The van der Waals surface area contributed by atoms with Gasteiger partial charge in [0.2, 0.25) is 5.91 Å². The van der Waals surface area contributed by atoms with Crippen molar-refractivity contribution in [1.82, 2.24) is 9.55 Å². The molecule has 26 heavy (non-hydrogen) atoms. The summed E-state index contributed by atoms with van der Waals surface area (Å²) in [7, 11) is 3.51. The van der Waals surface area contributed by atoms with Gasteiger partial charge < -0.3 is 14.6 Å². The van der Waals surface area contributed by atoms with E-state index in [-0.39, 0.29) is 5.91 Å². The van der Waals surface area contributed by atoms with Crippen molar-refractivity contribution in [2.24, 2.45) is 7.05 Å². The number of benzene rings is 2. The van der Waals surface area contributed by atoms with Gasteiger partial charge in [-0.15, -0.1) is 0 Å². The molecule has 134 valence electrons. The van der Waals surface area contributed by atoms with Crippen molar-refractivity contribution in [3.05, 3.63) is 72.1 Å². The Hall–Kier alpha value is -2.73. The summed E-state index contributed by atoms with van der Waals surface area (Å²) in [6, 6.07) is 15.4. The number of hydrogen-bond acceptors (Lipinski definition) is 4. The summed E-state index contributed by atoms with van der Waals surface area (Å²) in [5.41, 5.74) is 2.64. The van der Waals surface area contributed by atoms with Gasteiger partial charge in [0.1, 0.15) is 11.0 Å². The largest absolute Gasteiger partial charge is 0.495 e. The zero-order valence-corrected chi connectivity index (χ0v) is 15.8. The fourth-order valence-electron chi connectivity index (χ4n) is 2.59. The molecule has 1 amide bonds. The molecular formula is C20H21N3O2S. The number of imidazole rings is 1. The lowest BCUT2D eigenvalue weighted by molar-refractivity contribution is -0.115. The number of anilines is 1. The van der Waals surface area contributed by atoms with Crippen molar-refractivity contribution < 1.29 is 9.53 Å². The predicted molar refractivity (Wildman–Crippen MR) is 105 cm³/mol. The number of carbonyl (C=O) groups is 1. The van der Waals surface area contributed by atoms with Gasteiger partial charge in [-0.25, -0.2) is 4.98 Å². The molecule has 5 nitrogen and oxygen atoms in total. The van der Waals surface area contributed by atoms with Gasteiger partial charge in [-0.1, -0.05) is 48.2 Å². The van der Waals surface area contributed by atoms with Crippen LogP contribution in [0.2, 0.25) is 0 Å². The normalized spacial score (nSPS) is 11.8. The van der Waals surface area contributed by atoms with Crippen molar-refractivity contribution in [2.75, 3.05) is 12.4 Å². The zero-order chi connectivity index (χ0) is 18.5. The quantitative estimate of drug-likeness (QED) is 0.663. The first-order valence-corrected chi connectivity index (χ1v) is 9.11.